The molecule has 2 saturated heterocycles. The van der Waals surface area contributed by atoms with Gasteiger partial charge in [0.25, 0.3) is 0 Å². The summed E-state index contributed by atoms with van der Waals surface area (Å²) in [6.07, 6.45) is 15.1. The Morgan fingerprint density at radius 1 is 0.750 bits per heavy atom. The van der Waals surface area contributed by atoms with Crippen molar-refractivity contribution in [2.45, 2.75) is 115 Å². The van der Waals surface area contributed by atoms with Crippen molar-refractivity contribution in [1.82, 2.24) is 0 Å². The Hall–Kier alpha value is -0.610. The van der Waals surface area contributed by atoms with Gasteiger partial charge in [-0.2, -0.15) is 0 Å². The molecule has 0 radical (unpaired) electrons. The van der Waals surface area contributed by atoms with E-state index in [1.807, 2.05) is 0 Å². The first kappa shape index (κ1) is 19.7. The third-order valence-electron chi connectivity index (χ3n) is 5.08. The Labute approximate surface area is 147 Å². The normalized spacial score (nSPS) is 27.9. The summed E-state index contributed by atoms with van der Waals surface area (Å²) >= 11 is 0. The summed E-state index contributed by atoms with van der Waals surface area (Å²) in [7, 11) is 0. The van der Waals surface area contributed by atoms with E-state index in [2.05, 4.69) is 13.8 Å². The molecule has 24 heavy (non-hydrogen) atoms. The SMILES string of the molecule is CCCCCCCCCC1OC1COC(=O)CCC1OC1CCC. The van der Waals surface area contributed by atoms with Crippen molar-refractivity contribution < 1.29 is 19.0 Å². The quantitative estimate of drug-likeness (QED) is 0.244. The standard InChI is InChI=1S/C20H36O4/c1-3-5-6-7-8-9-10-12-17-19(24-17)15-22-20(21)14-13-18-16(23-18)11-4-2/h16-19H,3-15H2,1-2H3. The maximum Gasteiger partial charge on any atom is 0.305 e. The number of rotatable bonds is 15. The van der Waals surface area contributed by atoms with Crippen LogP contribution >= 0.6 is 0 Å². The molecule has 0 aromatic heterocycles. The highest BCUT2D eigenvalue weighted by atomic mass is 16.6. The van der Waals surface area contributed by atoms with E-state index in [0.717, 1.165) is 25.7 Å². The molecule has 2 rings (SSSR count). The van der Waals surface area contributed by atoms with Gasteiger partial charge in [0.2, 0.25) is 0 Å². The van der Waals surface area contributed by atoms with E-state index in [1.54, 1.807) is 0 Å². The number of epoxide rings is 2. The molecule has 2 heterocycles. The molecule has 0 amide bonds. The van der Waals surface area contributed by atoms with Crippen molar-refractivity contribution in [2.24, 2.45) is 0 Å². The van der Waals surface area contributed by atoms with Gasteiger partial charge in [0.15, 0.2) is 0 Å². The van der Waals surface area contributed by atoms with Gasteiger partial charge in [0, 0.05) is 6.42 Å². The minimum Gasteiger partial charge on any atom is -0.463 e. The number of ether oxygens (including phenoxy) is 3. The van der Waals surface area contributed by atoms with Crippen LogP contribution in [0.5, 0.6) is 0 Å². The van der Waals surface area contributed by atoms with E-state index in [1.165, 1.54) is 44.9 Å². The molecular weight excluding hydrogens is 304 g/mol. The van der Waals surface area contributed by atoms with Gasteiger partial charge in [-0.15, -0.1) is 0 Å². The van der Waals surface area contributed by atoms with Crippen LogP contribution in [0, 0.1) is 0 Å². The molecule has 2 aliphatic rings. The lowest BCUT2D eigenvalue weighted by Crippen LogP contribution is -2.12. The summed E-state index contributed by atoms with van der Waals surface area (Å²) in [5.74, 6) is -0.106. The van der Waals surface area contributed by atoms with Crippen LogP contribution in [-0.2, 0) is 19.0 Å². The van der Waals surface area contributed by atoms with Gasteiger partial charge in [0.05, 0.1) is 18.3 Å². The van der Waals surface area contributed by atoms with Crippen LogP contribution in [0.2, 0.25) is 0 Å². The van der Waals surface area contributed by atoms with Gasteiger partial charge in [-0.1, -0.05) is 65.2 Å². The first-order valence-electron chi connectivity index (χ1n) is 10.2. The van der Waals surface area contributed by atoms with Crippen molar-refractivity contribution in [2.75, 3.05) is 6.61 Å². The average Bonchev–Trinajstić information content (AvgIpc) is 3.48. The summed E-state index contributed by atoms with van der Waals surface area (Å²) in [6.45, 7) is 4.84. The predicted octanol–water partition coefficient (Wildman–Crippen LogP) is 4.79. The summed E-state index contributed by atoms with van der Waals surface area (Å²) in [5, 5.41) is 0. The molecule has 4 unspecified atom stereocenters. The fourth-order valence-electron chi connectivity index (χ4n) is 3.36. The average molecular weight is 341 g/mol. The molecule has 0 aliphatic carbocycles. The fraction of sp³-hybridized carbons (Fsp3) is 0.950. The molecule has 0 spiro atoms. The highest BCUT2D eigenvalue weighted by Crippen LogP contribution is 2.31. The Morgan fingerprint density at radius 2 is 1.38 bits per heavy atom. The van der Waals surface area contributed by atoms with Gasteiger partial charge in [-0.05, 0) is 19.3 Å². The molecule has 0 saturated carbocycles. The van der Waals surface area contributed by atoms with E-state index in [9.17, 15) is 4.79 Å². The third kappa shape index (κ3) is 7.98. The van der Waals surface area contributed by atoms with Crippen molar-refractivity contribution in [3.8, 4) is 0 Å². The van der Waals surface area contributed by atoms with E-state index in [4.69, 9.17) is 14.2 Å². The van der Waals surface area contributed by atoms with Crippen LogP contribution < -0.4 is 0 Å². The highest BCUT2D eigenvalue weighted by molar-refractivity contribution is 5.69. The van der Waals surface area contributed by atoms with Gasteiger partial charge >= 0.3 is 5.97 Å². The lowest BCUT2D eigenvalue weighted by molar-refractivity contribution is -0.144. The van der Waals surface area contributed by atoms with Gasteiger partial charge in [0.1, 0.15) is 12.7 Å². The second-order valence-corrected chi connectivity index (χ2v) is 7.35. The van der Waals surface area contributed by atoms with E-state index in [-0.39, 0.29) is 12.1 Å². The zero-order valence-electron chi connectivity index (χ0n) is 15.6. The Morgan fingerprint density at radius 3 is 2.12 bits per heavy atom. The largest absolute Gasteiger partial charge is 0.463 e. The Bertz CT molecular complexity index is 358. The lowest BCUT2D eigenvalue weighted by atomic mass is 10.1. The molecule has 0 bridgehead atoms. The van der Waals surface area contributed by atoms with E-state index < -0.39 is 0 Å². The summed E-state index contributed by atoms with van der Waals surface area (Å²) in [4.78, 5) is 11.7. The Balaban J connectivity index is 1.36. The molecular formula is C20H36O4. The number of unbranched alkanes of at least 4 members (excludes halogenated alkanes) is 6. The maximum absolute atomic E-state index is 11.7. The minimum atomic E-state index is -0.106. The molecule has 2 aliphatic heterocycles. The smallest absolute Gasteiger partial charge is 0.305 e. The van der Waals surface area contributed by atoms with Crippen LogP contribution in [0.1, 0.15) is 90.9 Å². The third-order valence-corrected chi connectivity index (χ3v) is 5.08. The first-order valence-corrected chi connectivity index (χ1v) is 10.2. The molecule has 2 fully saturated rings. The van der Waals surface area contributed by atoms with Crippen LogP contribution in [-0.4, -0.2) is 37.0 Å². The van der Waals surface area contributed by atoms with Crippen molar-refractivity contribution >= 4 is 5.97 Å². The lowest BCUT2D eigenvalue weighted by Gasteiger charge is -2.02. The van der Waals surface area contributed by atoms with E-state index in [0.29, 0.717) is 31.3 Å². The van der Waals surface area contributed by atoms with Gasteiger partial charge in [-0.25, -0.2) is 0 Å². The van der Waals surface area contributed by atoms with Gasteiger partial charge in [-0.3, -0.25) is 4.79 Å². The molecule has 140 valence electrons. The summed E-state index contributed by atoms with van der Waals surface area (Å²) in [6, 6.07) is 0. The molecule has 0 N–H and O–H groups in total. The second kappa shape index (κ2) is 11.1. The molecule has 0 aromatic rings. The fourth-order valence-corrected chi connectivity index (χ4v) is 3.36. The number of hydrogen-bond donors (Lipinski definition) is 0. The molecule has 0 aromatic carbocycles. The Kier molecular flexibility index (Phi) is 9.11. The maximum atomic E-state index is 11.7. The van der Waals surface area contributed by atoms with Crippen LogP contribution in [0.3, 0.4) is 0 Å². The van der Waals surface area contributed by atoms with Gasteiger partial charge < -0.3 is 14.2 Å². The van der Waals surface area contributed by atoms with Crippen LogP contribution in [0.15, 0.2) is 0 Å². The topological polar surface area (TPSA) is 51.4 Å². The summed E-state index contributed by atoms with van der Waals surface area (Å²) in [5.41, 5.74) is 0. The minimum absolute atomic E-state index is 0.106. The van der Waals surface area contributed by atoms with Crippen molar-refractivity contribution in [3.63, 3.8) is 0 Å². The predicted molar refractivity (Wildman–Crippen MR) is 95.0 cm³/mol. The highest BCUT2D eigenvalue weighted by Gasteiger charge is 2.40. The molecule has 4 nitrogen and oxygen atoms in total. The molecule has 4 atom stereocenters. The zero-order chi connectivity index (χ0) is 17.2. The second-order valence-electron chi connectivity index (χ2n) is 7.35. The number of esters is 1. The van der Waals surface area contributed by atoms with Crippen molar-refractivity contribution in [3.05, 3.63) is 0 Å². The monoisotopic (exact) mass is 340 g/mol. The molecule has 4 heteroatoms. The van der Waals surface area contributed by atoms with E-state index >= 15 is 0 Å². The van der Waals surface area contributed by atoms with Crippen LogP contribution in [0.4, 0.5) is 0 Å². The number of hydrogen-bond acceptors (Lipinski definition) is 4. The summed E-state index contributed by atoms with van der Waals surface area (Å²) < 4.78 is 16.4. The van der Waals surface area contributed by atoms with Crippen molar-refractivity contribution in [1.29, 1.82) is 0 Å². The number of carbonyl (C=O) groups is 1. The van der Waals surface area contributed by atoms with Crippen LogP contribution in [0.25, 0.3) is 0 Å². The number of carbonyl (C=O) groups excluding carboxylic acids is 1. The first-order chi connectivity index (χ1) is 11.7. The zero-order valence-corrected chi connectivity index (χ0v) is 15.6.